The van der Waals surface area contributed by atoms with E-state index in [-0.39, 0.29) is 18.0 Å². The SMILES string of the molecule is Cc1ccc(OCc2cccc(C(=N)N)c2F)c(C)c1. The molecule has 0 aliphatic heterocycles. The second-order valence-electron chi connectivity index (χ2n) is 4.75. The summed E-state index contributed by atoms with van der Waals surface area (Å²) < 4.78 is 19.7. The largest absolute Gasteiger partial charge is 0.489 e. The first kappa shape index (κ1) is 14.1. The normalized spacial score (nSPS) is 10.3. The van der Waals surface area contributed by atoms with Gasteiger partial charge < -0.3 is 10.5 Å². The molecular weight excluding hydrogens is 255 g/mol. The van der Waals surface area contributed by atoms with Crippen molar-refractivity contribution < 1.29 is 9.13 Å². The van der Waals surface area contributed by atoms with Gasteiger partial charge in [0.25, 0.3) is 0 Å². The Labute approximate surface area is 117 Å². The number of nitrogens with one attached hydrogen (secondary N) is 1. The number of ether oxygens (including phenoxy) is 1. The first-order chi connectivity index (χ1) is 9.49. The van der Waals surface area contributed by atoms with E-state index in [1.54, 1.807) is 12.1 Å². The molecule has 0 atom stereocenters. The third kappa shape index (κ3) is 2.96. The molecule has 0 aromatic heterocycles. The molecule has 0 spiro atoms. The third-order valence-corrected chi connectivity index (χ3v) is 3.08. The van der Waals surface area contributed by atoms with Gasteiger partial charge in [0.1, 0.15) is 24.0 Å². The Hall–Kier alpha value is -2.36. The van der Waals surface area contributed by atoms with Gasteiger partial charge >= 0.3 is 0 Å². The van der Waals surface area contributed by atoms with Crippen molar-refractivity contribution in [2.75, 3.05) is 0 Å². The van der Waals surface area contributed by atoms with E-state index in [0.29, 0.717) is 5.56 Å². The first-order valence-corrected chi connectivity index (χ1v) is 6.31. The van der Waals surface area contributed by atoms with E-state index in [2.05, 4.69) is 0 Å². The third-order valence-electron chi connectivity index (χ3n) is 3.08. The average Bonchev–Trinajstić information content (AvgIpc) is 2.39. The lowest BCUT2D eigenvalue weighted by atomic mass is 10.1. The van der Waals surface area contributed by atoms with Crippen molar-refractivity contribution in [1.82, 2.24) is 0 Å². The van der Waals surface area contributed by atoms with Crippen LogP contribution in [0.2, 0.25) is 0 Å². The highest BCUT2D eigenvalue weighted by Gasteiger charge is 2.11. The fourth-order valence-electron chi connectivity index (χ4n) is 2.02. The number of amidine groups is 1. The summed E-state index contributed by atoms with van der Waals surface area (Å²) in [6, 6.07) is 10.6. The van der Waals surface area contributed by atoms with Crippen molar-refractivity contribution in [2.45, 2.75) is 20.5 Å². The van der Waals surface area contributed by atoms with Gasteiger partial charge in [0.05, 0.1) is 5.56 Å². The summed E-state index contributed by atoms with van der Waals surface area (Å²) in [6.45, 7) is 4.06. The lowest BCUT2D eigenvalue weighted by molar-refractivity contribution is 0.297. The highest BCUT2D eigenvalue weighted by atomic mass is 19.1. The Kier molecular flexibility index (Phi) is 4.03. The number of halogens is 1. The van der Waals surface area contributed by atoms with E-state index in [4.69, 9.17) is 15.9 Å². The second kappa shape index (κ2) is 5.74. The van der Waals surface area contributed by atoms with Gasteiger partial charge in [0, 0.05) is 5.56 Å². The van der Waals surface area contributed by atoms with Gasteiger partial charge in [-0.2, -0.15) is 0 Å². The number of hydrogen-bond acceptors (Lipinski definition) is 2. The molecule has 0 aliphatic rings. The molecule has 0 aliphatic carbocycles. The van der Waals surface area contributed by atoms with Crippen LogP contribution in [0.3, 0.4) is 0 Å². The van der Waals surface area contributed by atoms with Gasteiger partial charge in [-0.3, -0.25) is 5.41 Å². The van der Waals surface area contributed by atoms with Crippen LogP contribution in [0.5, 0.6) is 5.75 Å². The van der Waals surface area contributed by atoms with E-state index >= 15 is 0 Å². The van der Waals surface area contributed by atoms with E-state index < -0.39 is 5.82 Å². The Morgan fingerprint density at radius 2 is 2.00 bits per heavy atom. The maximum absolute atomic E-state index is 14.1. The van der Waals surface area contributed by atoms with Crippen LogP contribution < -0.4 is 10.5 Å². The Bertz CT molecular complexity index is 653. The zero-order chi connectivity index (χ0) is 14.7. The maximum atomic E-state index is 14.1. The van der Waals surface area contributed by atoms with E-state index in [9.17, 15) is 4.39 Å². The van der Waals surface area contributed by atoms with Crippen LogP contribution in [-0.4, -0.2) is 5.84 Å². The van der Waals surface area contributed by atoms with Crippen molar-refractivity contribution in [3.63, 3.8) is 0 Å². The zero-order valence-corrected chi connectivity index (χ0v) is 11.5. The van der Waals surface area contributed by atoms with Crippen LogP contribution in [0.4, 0.5) is 4.39 Å². The van der Waals surface area contributed by atoms with E-state index in [1.165, 1.54) is 6.07 Å². The van der Waals surface area contributed by atoms with Gasteiger partial charge in [-0.25, -0.2) is 4.39 Å². The molecule has 3 nitrogen and oxygen atoms in total. The van der Waals surface area contributed by atoms with Crippen molar-refractivity contribution >= 4 is 5.84 Å². The maximum Gasteiger partial charge on any atom is 0.140 e. The number of hydrogen-bond donors (Lipinski definition) is 2. The molecule has 0 radical (unpaired) electrons. The van der Waals surface area contributed by atoms with Gasteiger partial charge in [-0.15, -0.1) is 0 Å². The summed E-state index contributed by atoms with van der Waals surface area (Å²) in [7, 11) is 0. The van der Waals surface area contributed by atoms with E-state index in [0.717, 1.165) is 16.9 Å². The molecule has 4 heteroatoms. The van der Waals surface area contributed by atoms with Gasteiger partial charge in [0.2, 0.25) is 0 Å². The van der Waals surface area contributed by atoms with Crippen molar-refractivity contribution in [1.29, 1.82) is 5.41 Å². The number of nitrogens with two attached hydrogens (primary N) is 1. The predicted octanol–water partition coefficient (Wildman–Crippen LogP) is 3.31. The number of benzene rings is 2. The Balaban J connectivity index is 2.19. The van der Waals surface area contributed by atoms with Crippen LogP contribution in [0.15, 0.2) is 36.4 Å². The molecule has 2 rings (SSSR count). The van der Waals surface area contributed by atoms with Gasteiger partial charge in [-0.05, 0) is 31.5 Å². The molecule has 0 saturated carbocycles. The van der Waals surface area contributed by atoms with Crippen molar-refractivity contribution in [3.05, 3.63) is 64.5 Å². The number of aryl methyl sites for hydroxylation is 2. The monoisotopic (exact) mass is 272 g/mol. The molecular formula is C16H17FN2O. The van der Waals surface area contributed by atoms with Crippen molar-refractivity contribution in [2.24, 2.45) is 5.73 Å². The molecule has 0 amide bonds. The molecule has 0 fully saturated rings. The topological polar surface area (TPSA) is 59.1 Å². The van der Waals surface area contributed by atoms with Gasteiger partial charge in [-0.1, -0.05) is 29.8 Å². The molecule has 0 bridgehead atoms. The highest BCUT2D eigenvalue weighted by molar-refractivity contribution is 5.95. The van der Waals surface area contributed by atoms with Crippen LogP contribution in [0, 0.1) is 25.1 Å². The fourth-order valence-corrected chi connectivity index (χ4v) is 2.02. The quantitative estimate of drug-likeness (QED) is 0.662. The standard InChI is InChI=1S/C16H17FN2O/c1-10-6-7-14(11(2)8-10)20-9-12-4-3-5-13(15(12)17)16(18)19/h3-8H,9H2,1-2H3,(H3,18,19). The summed E-state index contributed by atoms with van der Waals surface area (Å²) in [5.41, 5.74) is 7.98. The van der Waals surface area contributed by atoms with Crippen LogP contribution in [0.25, 0.3) is 0 Å². The smallest absolute Gasteiger partial charge is 0.140 e. The number of nitrogen functional groups attached to an aromatic ring is 1. The minimum atomic E-state index is -0.496. The van der Waals surface area contributed by atoms with Gasteiger partial charge in [0.15, 0.2) is 0 Å². The van der Waals surface area contributed by atoms with Crippen LogP contribution >= 0.6 is 0 Å². The zero-order valence-electron chi connectivity index (χ0n) is 11.5. The fraction of sp³-hybridized carbons (Fsp3) is 0.188. The Morgan fingerprint density at radius 3 is 2.65 bits per heavy atom. The second-order valence-corrected chi connectivity index (χ2v) is 4.75. The summed E-state index contributed by atoms with van der Waals surface area (Å²) in [6.07, 6.45) is 0. The van der Waals surface area contributed by atoms with Crippen LogP contribution in [0.1, 0.15) is 22.3 Å². The molecule has 0 unspecified atom stereocenters. The molecule has 2 aromatic rings. The molecule has 0 heterocycles. The lowest BCUT2D eigenvalue weighted by Crippen LogP contribution is -2.14. The van der Waals surface area contributed by atoms with Crippen LogP contribution in [-0.2, 0) is 6.61 Å². The lowest BCUT2D eigenvalue weighted by Gasteiger charge is -2.11. The summed E-state index contributed by atoms with van der Waals surface area (Å²) in [4.78, 5) is 0. The summed E-state index contributed by atoms with van der Waals surface area (Å²) in [5, 5.41) is 7.32. The Morgan fingerprint density at radius 1 is 1.25 bits per heavy atom. The molecule has 2 aromatic carbocycles. The highest BCUT2D eigenvalue weighted by Crippen LogP contribution is 2.21. The first-order valence-electron chi connectivity index (χ1n) is 6.31. The molecule has 0 saturated heterocycles. The molecule has 3 N–H and O–H groups in total. The summed E-state index contributed by atoms with van der Waals surface area (Å²) >= 11 is 0. The van der Waals surface area contributed by atoms with Crippen molar-refractivity contribution in [3.8, 4) is 5.75 Å². The minimum Gasteiger partial charge on any atom is -0.489 e. The number of rotatable bonds is 4. The summed E-state index contributed by atoms with van der Waals surface area (Å²) in [5.74, 6) is -0.0520. The average molecular weight is 272 g/mol. The molecule has 104 valence electrons. The van der Waals surface area contributed by atoms with E-state index in [1.807, 2.05) is 32.0 Å². The molecule has 20 heavy (non-hydrogen) atoms. The predicted molar refractivity (Wildman–Crippen MR) is 77.7 cm³/mol. The minimum absolute atomic E-state index is 0.103.